The number of amides is 1. The number of halogens is 1. The van der Waals surface area contributed by atoms with Crippen LogP contribution in [0.4, 0.5) is 0 Å². The zero-order valence-electron chi connectivity index (χ0n) is 15.8. The fourth-order valence-electron chi connectivity index (χ4n) is 3.22. The van der Waals surface area contributed by atoms with Gasteiger partial charge in [-0.25, -0.2) is 0 Å². The molecule has 0 saturated carbocycles. The molecule has 0 spiro atoms. The maximum absolute atomic E-state index is 12.4. The van der Waals surface area contributed by atoms with Gasteiger partial charge in [0.25, 0.3) is 0 Å². The van der Waals surface area contributed by atoms with E-state index in [0.29, 0.717) is 23.9 Å². The lowest BCUT2D eigenvalue weighted by Crippen LogP contribution is -2.25. The second-order valence-electron chi connectivity index (χ2n) is 6.54. The molecule has 1 N–H and O–H groups in total. The second kappa shape index (κ2) is 8.53. The van der Waals surface area contributed by atoms with Crippen molar-refractivity contribution >= 4 is 17.5 Å². The van der Waals surface area contributed by atoms with Gasteiger partial charge in [-0.2, -0.15) is 0 Å². The van der Waals surface area contributed by atoms with Gasteiger partial charge < -0.3 is 19.5 Å². The van der Waals surface area contributed by atoms with Gasteiger partial charge in [-0.1, -0.05) is 11.6 Å². The fourth-order valence-corrected chi connectivity index (χ4v) is 3.42. The van der Waals surface area contributed by atoms with E-state index in [1.807, 2.05) is 26.0 Å². The van der Waals surface area contributed by atoms with Crippen LogP contribution in [0.25, 0.3) is 0 Å². The molecule has 2 aromatic rings. The third kappa shape index (κ3) is 4.66. The molecule has 0 aliphatic carbocycles. The molecule has 3 rings (SSSR count). The Morgan fingerprint density at radius 1 is 1.26 bits per heavy atom. The first-order valence-corrected chi connectivity index (χ1v) is 9.42. The SMILES string of the molecule is CCOc1cc2c(cc1CNC(=O)Cc1cc(Cl)ccc1OC)OC(C)C2. The Hall–Kier alpha value is -2.40. The standard InChI is InChI=1S/C21H24ClNO4/c1-4-26-19-9-14-7-13(2)27-20(14)10-16(19)12-23-21(24)11-15-8-17(22)5-6-18(15)25-3/h5-6,8-10,13H,4,7,11-12H2,1-3H3,(H,23,24). The van der Waals surface area contributed by atoms with E-state index in [1.165, 1.54) is 0 Å². The topological polar surface area (TPSA) is 56.8 Å². The molecule has 1 amide bonds. The van der Waals surface area contributed by atoms with Crippen molar-refractivity contribution in [3.8, 4) is 17.2 Å². The van der Waals surface area contributed by atoms with Crippen LogP contribution in [0, 0.1) is 0 Å². The molecule has 27 heavy (non-hydrogen) atoms. The highest BCUT2D eigenvalue weighted by molar-refractivity contribution is 6.30. The zero-order valence-corrected chi connectivity index (χ0v) is 16.6. The van der Waals surface area contributed by atoms with Crippen LogP contribution in [-0.2, 0) is 24.2 Å². The number of benzene rings is 2. The lowest BCUT2D eigenvalue weighted by molar-refractivity contribution is -0.120. The molecule has 0 fully saturated rings. The van der Waals surface area contributed by atoms with Crippen LogP contribution in [0.5, 0.6) is 17.2 Å². The van der Waals surface area contributed by atoms with Gasteiger partial charge in [0.1, 0.15) is 23.4 Å². The van der Waals surface area contributed by atoms with Crippen LogP contribution in [0.3, 0.4) is 0 Å². The molecule has 144 valence electrons. The average molecular weight is 390 g/mol. The molecule has 1 heterocycles. The van der Waals surface area contributed by atoms with Crippen LogP contribution in [0.15, 0.2) is 30.3 Å². The molecule has 0 bridgehead atoms. The monoisotopic (exact) mass is 389 g/mol. The van der Waals surface area contributed by atoms with Gasteiger partial charge in [-0.3, -0.25) is 4.79 Å². The largest absolute Gasteiger partial charge is 0.496 e. The minimum absolute atomic E-state index is 0.118. The first-order chi connectivity index (χ1) is 13.0. The molecular formula is C21H24ClNO4. The summed E-state index contributed by atoms with van der Waals surface area (Å²) in [6.07, 6.45) is 1.22. The predicted octanol–water partition coefficient (Wildman–Crippen LogP) is 3.93. The van der Waals surface area contributed by atoms with Crippen molar-refractivity contribution in [3.05, 3.63) is 52.0 Å². The summed E-state index contributed by atoms with van der Waals surface area (Å²) in [6.45, 7) is 4.91. The van der Waals surface area contributed by atoms with Crippen LogP contribution in [-0.4, -0.2) is 25.7 Å². The maximum atomic E-state index is 12.4. The molecule has 0 radical (unpaired) electrons. The number of rotatable bonds is 7. The van der Waals surface area contributed by atoms with Crippen LogP contribution in [0.1, 0.15) is 30.5 Å². The third-order valence-corrected chi connectivity index (χ3v) is 4.68. The normalized spacial score (nSPS) is 15.0. The third-order valence-electron chi connectivity index (χ3n) is 4.45. The minimum atomic E-state index is -0.118. The fraction of sp³-hybridized carbons (Fsp3) is 0.381. The van der Waals surface area contributed by atoms with E-state index < -0.39 is 0 Å². The van der Waals surface area contributed by atoms with Crippen molar-refractivity contribution in [2.45, 2.75) is 39.3 Å². The lowest BCUT2D eigenvalue weighted by atomic mass is 10.1. The first-order valence-electron chi connectivity index (χ1n) is 9.04. The van der Waals surface area contributed by atoms with Crippen LogP contribution >= 0.6 is 11.6 Å². The van der Waals surface area contributed by atoms with Crippen molar-refractivity contribution in [2.75, 3.05) is 13.7 Å². The highest BCUT2D eigenvalue weighted by Crippen LogP contribution is 2.35. The Labute approximate surface area is 164 Å². The number of fused-ring (bicyclic) bond motifs is 1. The predicted molar refractivity (Wildman–Crippen MR) is 105 cm³/mol. The summed E-state index contributed by atoms with van der Waals surface area (Å²) in [5, 5.41) is 3.52. The van der Waals surface area contributed by atoms with E-state index in [9.17, 15) is 4.79 Å². The highest BCUT2D eigenvalue weighted by Gasteiger charge is 2.22. The van der Waals surface area contributed by atoms with Crippen molar-refractivity contribution in [3.63, 3.8) is 0 Å². The number of hydrogen-bond donors (Lipinski definition) is 1. The quantitative estimate of drug-likeness (QED) is 0.779. The van der Waals surface area contributed by atoms with E-state index >= 15 is 0 Å². The second-order valence-corrected chi connectivity index (χ2v) is 6.98. The molecule has 1 atom stereocenters. The molecule has 2 aromatic carbocycles. The van der Waals surface area contributed by atoms with Gasteiger partial charge in [0.05, 0.1) is 20.1 Å². The first kappa shape index (κ1) is 19.4. The van der Waals surface area contributed by atoms with Gasteiger partial charge in [0, 0.05) is 34.7 Å². The number of nitrogens with one attached hydrogen (secondary N) is 1. The van der Waals surface area contributed by atoms with E-state index in [2.05, 4.69) is 5.32 Å². The summed E-state index contributed by atoms with van der Waals surface area (Å²) in [5.74, 6) is 2.18. The summed E-state index contributed by atoms with van der Waals surface area (Å²) in [5.41, 5.74) is 2.79. The Morgan fingerprint density at radius 2 is 2.07 bits per heavy atom. The lowest BCUT2D eigenvalue weighted by Gasteiger charge is -2.14. The number of carbonyl (C=O) groups is 1. The van der Waals surface area contributed by atoms with Gasteiger partial charge in [-0.15, -0.1) is 0 Å². The summed E-state index contributed by atoms with van der Waals surface area (Å²) in [7, 11) is 1.57. The Kier molecular flexibility index (Phi) is 6.11. The van der Waals surface area contributed by atoms with E-state index in [4.69, 9.17) is 25.8 Å². The van der Waals surface area contributed by atoms with Gasteiger partial charge >= 0.3 is 0 Å². The zero-order chi connectivity index (χ0) is 19.4. The summed E-state index contributed by atoms with van der Waals surface area (Å²) in [4.78, 5) is 12.4. The molecule has 0 aromatic heterocycles. The van der Waals surface area contributed by atoms with Crippen molar-refractivity contribution < 1.29 is 19.0 Å². The van der Waals surface area contributed by atoms with Crippen LogP contribution in [0.2, 0.25) is 5.02 Å². The summed E-state index contributed by atoms with van der Waals surface area (Å²) in [6, 6.07) is 9.23. The van der Waals surface area contributed by atoms with Gasteiger partial charge in [0.2, 0.25) is 5.91 Å². The van der Waals surface area contributed by atoms with E-state index in [0.717, 1.165) is 34.6 Å². The minimum Gasteiger partial charge on any atom is -0.496 e. The smallest absolute Gasteiger partial charge is 0.224 e. The van der Waals surface area contributed by atoms with Crippen LogP contribution < -0.4 is 19.5 Å². The molecule has 5 nitrogen and oxygen atoms in total. The molecule has 1 unspecified atom stereocenters. The Balaban J connectivity index is 1.70. The molecule has 1 aliphatic rings. The number of methoxy groups -OCH3 is 1. The van der Waals surface area contributed by atoms with Crippen molar-refractivity contribution in [2.24, 2.45) is 0 Å². The van der Waals surface area contributed by atoms with Crippen molar-refractivity contribution in [1.82, 2.24) is 5.32 Å². The Bertz CT molecular complexity index is 837. The molecule has 0 saturated heterocycles. The highest BCUT2D eigenvalue weighted by atomic mass is 35.5. The summed E-state index contributed by atoms with van der Waals surface area (Å²) >= 11 is 6.03. The molecular weight excluding hydrogens is 366 g/mol. The Morgan fingerprint density at radius 3 is 2.81 bits per heavy atom. The van der Waals surface area contributed by atoms with E-state index in [-0.39, 0.29) is 18.4 Å². The molecule has 1 aliphatic heterocycles. The number of hydrogen-bond acceptors (Lipinski definition) is 4. The van der Waals surface area contributed by atoms with E-state index in [1.54, 1.807) is 25.3 Å². The molecule has 6 heteroatoms. The summed E-state index contributed by atoms with van der Waals surface area (Å²) < 4.78 is 16.9. The maximum Gasteiger partial charge on any atom is 0.224 e. The number of carbonyl (C=O) groups excluding carboxylic acids is 1. The van der Waals surface area contributed by atoms with Gasteiger partial charge in [-0.05, 0) is 44.2 Å². The van der Waals surface area contributed by atoms with Gasteiger partial charge in [0.15, 0.2) is 0 Å². The average Bonchev–Trinajstić information content (AvgIpc) is 2.99. The van der Waals surface area contributed by atoms with Crippen molar-refractivity contribution in [1.29, 1.82) is 0 Å². The number of ether oxygens (including phenoxy) is 3.